The van der Waals surface area contributed by atoms with E-state index in [-0.39, 0.29) is 6.61 Å². The van der Waals surface area contributed by atoms with Crippen LogP contribution < -0.4 is 5.48 Å². The van der Waals surface area contributed by atoms with Crippen LogP contribution in [0.3, 0.4) is 0 Å². The fourth-order valence-electron chi connectivity index (χ4n) is 4.53. The molecule has 3 unspecified atom stereocenters. The van der Waals surface area contributed by atoms with E-state index >= 15 is 0 Å². The molecule has 11 nitrogen and oxygen atoms in total. The topological polar surface area (TPSA) is 129 Å². The maximum Gasteiger partial charge on any atom is 0.419 e. The lowest BCUT2D eigenvalue weighted by molar-refractivity contribution is -0.172. The van der Waals surface area contributed by atoms with Crippen molar-refractivity contribution in [3.05, 3.63) is 101 Å². The van der Waals surface area contributed by atoms with Crippen molar-refractivity contribution in [2.45, 2.75) is 21.3 Å². The third-order valence-electron chi connectivity index (χ3n) is 6.50. The van der Waals surface area contributed by atoms with Gasteiger partial charge in [0.25, 0.3) is 5.91 Å². The van der Waals surface area contributed by atoms with Gasteiger partial charge in [-0.1, -0.05) is 95.5 Å². The highest BCUT2D eigenvalue weighted by Crippen LogP contribution is 2.44. The van der Waals surface area contributed by atoms with Crippen LogP contribution in [0, 0.1) is 5.92 Å². The average Bonchev–Trinajstić information content (AvgIpc) is 3.54. The van der Waals surface area contributed by atoms with Gasteiger partial charge in [-0.3, -0.25) is 14.4 Å². The molecule has 2 aliphatic heterocycles. The number of hydrogen-bond donors (Lipinski definition) is 1. The summed E-state index contributed by atoms with van der Waals surface area (Å²) in [6.45, 7) is -0.779. The number of thioether (sulfide) groups is 1. The predicted octanol–water partition coefficient (Wildman–Crippen LogP) is 4.40. The van der Waals surface area contributed by atoms with Gasteiger partial charge in [0.15, 0.2) is 12.1 Å². The number of β-lactam (4-membered cyclic amide) rings is 1. The second kappa shape index (κ2) is 13.4. The molecule has 3 aromatic rings. The lowest BCUT2D eigenvalue weighted by Crippen LogP contribution is -2.70. The van der Waals surface area contributed by atoms with E-state index in [1.54, 1.807) is 5.41 Å². The normalized spacial score (nSPS) is 19.6. The van der Waals surface area contributed by atoms with Gasteiger partial charge in [-0.2, -0.15) is 0 Å². The van der Waals surface area contributed by atoms with Crippen LogP contribution >= 0.6 is 46.6 Å². The first kappa shape index (κ1) is 30.9. The molecule has 0 bridgehead atoms. The first-order chi connectivity index (χ1) is 20.6. The van der Waals surface area contributed by atoms with E-state index in [4.69, 9.17) is 49.1 Å². The lowest BCUT2D eigenvalue weighted by Gasteiger charge is -2.50. The zero-order chi connectivity index (χ0) is 30.6. The summed E-state index contributed by atoms with van der Waals surface area (Å²) in [5, 5.41) is 0.810. The van der Waals surface area contributed by atoms with Gasteiger partial charge in [0.2, 0.25) is 9.70 Å². The Balaban J connectivity index is 1.39. The molecule has 43 heavy (non-hydrogen) atoms. The van der Waals surface area contributed by atoms with Gasteiger partial charge in [0.1, 0.15) is 30.8 Å². The van der Waals surface area contributed by atoms with Gasteiger partial charge in [-0.25, -0.2) is 24.6 Å². The van der Waals surface area contributed by atoms with Crippen molar-refractivity contribution in [3.8, 4) is 0 Å². The van der Waals surface area contributed by atoms with Crippen LogP contribution in [-0.2, 0) is 28.7 Å². The van der Waals surface area contributed by atoms with E-state index in [0.717, 1.165) is 16.3 Å². The average molecular weight is 666 g/mol. The van der Waals surface area contributed by atoms with E-state index in [0.29, 0.717) is 16.7 Å². The smallest absolute Gasteiger partial charge is 0.419 e. The SMILES string of the molecule is O=C(NOCC(Cl)(Cl)Cl)C1C(=O)N2C(C(=O)OC(c3ccccc3)c3ccccc3)C(COC(=O)n3ccnc3)=CSC12. The number of hydrogen-bond acceptors (Lipinski definition) is 9. The molecule has 0 spiro atoms. The number of halogens is 3. The zero-order valence-corrected chi connectivity index (χ0v) is 25.1. The molecule has 2 amide bonds. The Morgan fingerprint density at radius 3 is 2.26 bits per heavy atom. The number of imidazole rings is 1. The largest absolute Gasteiger partial charge is 0.451 e. The molecule has 1 aromatic heterocycles. The third-order valence-corrected chi connectivity index (χ3v) is 8.04. The molecule has 3 heterocycles. The molecule has 0 saturated carbocycles. The van der Waals surface area contributed by atoms with Gasteiger partial charge < -0.3 is 14.4 Å². The second-order valence-corrected chi connectivity index (χ2v) is 12.9. The van der Waals surface area contributed by atoms with Crippen LogP contribution in [0.4, 0.5) is 4.79 Å². The van der Waals surface area contributed by atoms with Gasteiger partial charge in [0.05, 0.1) is 0 Å². The van der Waals surface area contributed by atoms with Crippen LogP contribution in [-0.4, -0.2) is 66.7 Å². The Bertz CT molecular complexity index is 1460. The minimum Gasteiger partial charge on any atom is -0.451 e. The molecule has 0 radical (unpaired) electrons. The van der Waals surface area contributed by atoms with E-state index in [1.165, 1.54) is 23.6 Å². The summed E-state index contributed by atoms with van der Waals surface area (Å²) in [6.07, 6.45) is 2.55. The molecular formula is C28H23Cl3N4O7S. The monoisotopic (exact) mass is 664 g/mol. The number of fused-ring (bicyclic) bond motifs is 1. The van der Waals surface area contributed by atoms with Crippen molar-refractivity contribution in [3.63, 3.8) is 0 Å². The van der Waals surface area contributed by atoms with Crippen LogP contribution in [0.25, 0.3) is 0 Å². The molecule has 0 aliphatic carbocycles. The van der Waals surface area contributed by atoms with Gasteiger partial charge in [-0.05, 0) is 16.5 Å². The number of amides is 2. The summed E-state index contributed by atoms with van der Waals surface area (Å²) in [6, 6.07) is 17.0. The van der Waals surface area contributed by atoms with Crippen LogP contribution in [0.2, 0.25) is 0 Å². The lowest BCUT2D eigenvalue weighted by atomic mass is 9.92. The molecule has 2 aromatic carbocycles. The van der Waals surface area contributed by atoms with E-state index < -0.39 is 57.7 Å². The molecule has 1 saturated heterocycles. The fourth-order valence-corrected chi connectivity index (χ4v) is 5.96. The molecule has 2 aliphatic rings. The minimum atomic E-state index is -1.78. The Hall–Kier alpha value is -3.55. The maximum absolute atomic E-state index is 13.9. The molecule has 224 valence electrons. The molecular weight excluding hydrogens is 643 g/mol. The number of rotatable bonds is 9. The van der Waals surface area contributed by atoms with Crippen LogP contribution in [0.1, 0.15) is 17.2 Å². The molecule has 5 rings (SSSR count). The number of nitrogens with one attached hydrogen (secondary N) is 1. The van der Waals surface area contributed by atoms with Crippen LogP contribution in [0.5, 0.6) is 0 Å². The van der Waals surface area contributed by atoms with Gasteiger partial charge >= 0.3 is 12.1 Å². The number of hydroxylamine groups is 1. The van der Waals surface area contributed by atoms with Crippen molar-refractivity contribution in [2.75, 3.05) is 13.2 Å². The number of nitrogens with zero attached hydrogens (tertiary/aromatic N) is 3. The zero-order valence-electron chi connectivity index (χ0n) is 22.0. The summed E-state index contributed by atoms with van der Waals surface area (Å²) >= 11 is 18.0. The minimum absolute atomic E-state index is 0.291. The fraction of sp³-hybridized carbons (Fsp3) is 0.250. The first-order valence-corrected chi connectivity index (χ1v) is 14.8. The Kier molecular flexibility index (Phi) is 9.62. The summed E-state index contributed by atoms with van der Waals surface area (Å²) in [5.74, 6) is -3.39. The predicted molar refractivity (Wildman–Crippen MR) is 158 cm³/mol. The summed E-state index contributed by atoms with van der Waals surface area (Å²) in [7, 11) is 0. The van der Waals surface area contributed by atoms with Crippen molar-refractivity contribution < 1.29 is 33.5 Å². The number of aromatic nitrogens is 2. The van der Waals surface area contributed by atoms with E-state index in [1.807, 2.05) is 60.7 Å². The van der Waals surface area contributed by atoms with Crippen molar-refractivity contribution >= 4 is 70.4 Å². The molecule has 1 fully saturated rings. The number of benzene rings is 2. The molecule has 3 atom stereocenters. The maximum atomic E-state index is 13.9. The summed E-state index contributed by atoms with van der Waals surface area (Å²) in [5.41, 5.74) is 3.83. The highest BCUT2D eigenvalue weighted by molar-refractivity contribution is 8.02. The number of alkyl halides is 3. The van der Waals surface area contributed by atoms with Crippen molar-refractivity contribution in [1.29, 1.82) is 0 Å². The van der Waals surface area contributed by atoms with Crippen molar-refractivity contribution in [1.82, 2.24) is 19.9 Å². The third kappa shape index (κ3) is 7.16. The van der Waals surface area contributed by atoms with Gasteiger partial charge in [0, 0.05) is 18.0 Å². The number of esters is 1. The Morgan fingerprint density at radius 1 is 1.02 bits per heavy atom. The number of carbonyl (C=O) groups excluding carboxylic acids is 4. The Morgan fingerprint density at radius 2 is 1.67 bits per heavy atom. The Labute approximate surface area is 265 Å². The standard InChI is InChI=1S/C28H23Cl3N4O7S/c29-28(30,31)15-41-33-23(36)20-24(37)35-21(19(14-43-25(20)35)13-40-27(39)34-12-11-32-16-34)26(38)42-22(17-7-3-1-4-8-17)18-9-5-2-6-10-18/h1-12,14,16,20-22,25H,13,15H2,(H,33,36). The van der Waals surface area contributed by atoms with Gasteiger partial charge in [-0.15, -0.1) is 11.8 Å². The van der Waals surface area contributed by atoms with Crippen LogP contribution in [0.15, 0.2) is 90.4 Å². The van der Waals surface area contributed by atoms with E-state index in [9.17, 15) is 19.2 Å². The number of ether oxygens (including phenoxy) is 2. The molecule has 15 heteroatoms. The van der Waals surface area contributed by atoms with E-state index in [2.05, 4.69) is 10.5 Å². The number of carbonyl (C=O) groups is 4. The highest BCUT2D eigenvalue weighted by Gasteiger charge is 2.59. The summed E-state index contributed by atoms with van der Waals surface area (Å²) in [4.78, 5) is 62.6. The quantitative estimate of drug-likeness (QED) is 0.116. The molecule has 1 N–H and O–H groups in total. The second-order valence-electron chi connectivity index (χ2n) is 9.38. The summed E-state index contributed by atoms with van der Waals surface area (Å²) < 4.78 is 10.8. The van der Waals surface area contributed by atoms with Crippen molar-refractivity contribution in [2.24, 2.45) is 5.92 Å². The first-order valence-electron chi connectivity index (χ1n) is 12.7. The highest BCUT2D eigenvalue weighted by atomic mass is 35.6.